The molecule has 0 aromatic heterocycles. The molecule has 2 N–H and O–H groups in total. The zero-order valence-corrected chi connectivity index (χ0v) is 16.2. The highest BCUT2D eigenvalue weighted by Gasteiger charge is 2.18. The van der Waals surface area contributed by atoms with Crippen LogP contribution in [-0.2, 0) is 10.0 Å². The number of ether oxygens (including phenoxy) is 1. The minimum absolute atomic E-state index is 0.153. The number of hydrogen-bond acceptors (Lipinski definition) is 4. The molecule has 1 amide bonds. The summed E-state index contributed by atoms with van der Waals surface area (Å²) in [5.41, 5.74) is 2.40. The van der Waals surface area contributed by atoms with Crippen LogP contribution in [0.4, 0.5) is 5.69 Å². The predicted molar refractivity (Wildman–Crippen MR) is 103 cm³/mol. The SMILES string of the molecule is CC[C@H](NC(=O)c1cccc(NS(C)(=O)=O)c1C)c1ccc(OC)cc1. The topological polar surface area (TPSA) is 84.5 Å². The molecule has 0 radical (unpaired) electrons. The van der Waals surface area contributed by atoms with Crippen LogP contribution in [0.15, 0.2) is 42.5 Å². The van der Waals surface area contributed by atoms with Crippen LogP contribution >= 0.6 is 0 Å². The summed E-state index contributed by atoms with van der Waals surface area (Å²) in [6.45, 7) is 3.71. The van der Waals surface area contributed by atoms with Crippen LogP contribution in [0.3, 0.4) is 0 Å². The third kappa shape index (κ3) is 4.98. The number of anilines is 1. The van der Waals surface area contributed by atoms with Gasteiger partial charge in [0.05, 0.1) is 25.1 Å². The average Bonchev–Trinajstić information content (AvgIpc) is 2.60. The van der Waals surface area contributed by atoms with Crippen molar-refractivity contribution in [1.82, 2.24) is 5.32 Å². The Morgan fingerprint density at radius 3 is 2.35 bits per heavy atom. The van der Waals surface area contributed by atoms with Crippen LogP contribution < -0.4 is 14.8 Å². The first-order chi connectivity index (χ1) is 12.2. The molecule has 26 heavy (non-hydrogen) atoms. The van der Waals surface area contributed by atoms with Crippen molar-refractivity contribution in [3.63, 3.8) is 0 Å². The quantitative estimate of drug-likeness (QED) is 0.777. The number of carbonyl (C=O) groups excluding carboxylic acids is 1. The maximum Gasteiger partial charge on any atom is 0.252 e. The van der Waals surface area contributed by atoms with Crippen molar-refractivity contribution in [3.8, 4) is 5.75 Å². The summed E-state index contributed by atoms with van der Waals surface area (Å²) in [6, 6.07) is 12.4. The summed E-state index contributed by atoms with van der Waals surface area (Å²) in [5, 5.41) is 3.01. The van der Waals surface area contributed by atoms with Gasteiger partial charge in [0.15, 0.2) is 0 Å². The molecule has 2 rings (SSSR count). The van der Waals surface area contributed by atoms with E-state index in [1.807, 2.05) is 31.2 Å². The molecule has 0 aliphatic heterocycles. The smallest absolute Gasteiger partial charge is 0.252 e. The molecule has 0 saturated heterocycles. The van der Waals surface area contributed by atoms with Gasteiger partial charge in [0.2, 0.25) is 10.0 Å². The van der Waals surface area contributed by atoms with Gasteiger partial charge in [-0.15, -0.1) is 0 Å². The fraction of sp³-hybridized carbons (Fsp3) is 0.316. The fourth-order valence-electron chi connectivity index (χ4n) is 2.69. The van der Waals surface area contributed by atoms with Crippen molar-refractivity contribution >= 4 is 21.6 Å². The van der Waals surface area contributed by atoms with Crippen molar-refractivity contribution in [2.24, 2.45) is 0 Å². The second-order valence-corrected chi connectivity index (χ2v) is 7.81. The molecule has 0 bridgehead atoms. The Labute approximate surface area is 154 Å². The highest BCUT2D eigenvalue weighted by atomic mass is 32.2. The Morgan fingerprint density at radius 2 is 1.81 bits per heavy atom. The van der Waals surface area contributed by atoms with Crippen LogP contribution in [-0.4, -0.2) is 27.7 Å². The molecule has 0 unspecified atom stereocenters. The largest absolute Gasteiger partial charge is 0.497 e. The number of rotatable bonds is 7. The van der Waals surface area contributed by atoms with E-state index in [0.29, 0.717) is 16.8 Å². The standard InChI is InChI=1S/C19H24N2O4S/c1-5-17(14-9-11-15(25-3)12-10-14)20-19(22)16-7-6-8-18(13(16)2)21-26(4,23)24/h6-12,17,21H,5H2,1-4H3,(H,20,22)/t17-/m0/s1. The van der Waals surface area contributed by atoms with E-state index in [-0.39, 0.29) is 11.9 Å². The van der Waals surface area contributed by atoms with Gasteiger partial charge in [-0.1, -0.05) is 25.1 Å². The molecule has 2 aromatic carbocycles. The summed E-state index contributed by atoms with van der Waals surface area (Å²) in [6.07, 6.45) is 1.80. The van der Waals surface area contributed by atoms with Crippen molar-refractivity contribution in [2.45, 2.75) is 26.3 Å². The van der Waals surface area contributed by atoms with E-state index in [1.165, 1.54) is 0 Å². The average molecular weight is 376 g/mol. The number of hydrogen-bond donors (Lipinski definition) is 2. The molecule has 0 saturated carbocycles. The molecule has 2 aromatic rings. The zero-order chi connectivity index (χ0) is 19.3. The van der Waals surface area contributed by atoms with Crippen molar-refractivity contribution in [3.05, 3.63) is 59.2 Å². The lowest BCUT2D eigenvalue weighted by Crippen LogP contribution is -2.29. The lowest BCUT2D eigenvalue weighted by atomic mass is 10.0. The van der Waals surface area contributed by atoms with Crippen LogP contribution in [0.25, 0.3) is 0 Å². The molecule has 0 spiro atoms. The minimum Gasteiger partial charge on any atom is -0.497 e. The van der Waals surface area contributed by atoms with E-state index in [9.17, 15) is 13.2 Å². The Bertz CT molecular complexity index is 877. The van der Waals surface area contributed by atoms with Crippen molar-refractivity contribution in [1.29, 1.82) is 0 Å². The molecule has 0 aliphatic rings. The highest BCUT2D eigenvalue weighted by molar-refractivity contribution is 7.92. The number of nitrogens with one attached hydrogen (secondary N) is 2. The Balaban J connectivity index is 2.23. The zero-order valence-electron chi connectivity index (χ0n) is 15.4. The van der Waals surface area contributed by atoms with E-state index < -0.39 is 10.0 Å². The molecule has 0 heterocycles. The van der Waals surface area contributed by atoms with Crippen molar-refractivity contribution < 1.29 is 17.9 Å². The molecular weight excluding hydrogens is 352 g/mol. The molecule has 1 atom stereocenters. The van der Waals surface area contributed by atoms with Gasteiger partial charge in [-0.05, 0) is 48.7 Å². The summed E-state index contributed by atoms with van der Waals surface area (Å²) in [7, 11) is -1.81. The van der Waals surface area contributed by atoms with E-state index in [2.05, 4.69) is 10.0 Å². The van der Waals surface area contributed by atoms with Crippen LogP contribution in [0.5, 0.6) is 5.75 Å². The van der Waals surface area contributed by atoms with E-state index in [0.717, 1.165) is 24.0 Å². The Kier molecular flexibility index (Phi) is 6.26. The van der Waals surface area contributed by atoms with Crippen LogP contribution in [0, 0.1) is 6.92 Å². The minimum atomic E-state index is -3.41. The lowest BCUT2D eigenvalue weighted by molar-refractivity contribution is 0.0935. The monoisotopic (exact) mass is 376 g/mol. The second-order valence-electron chi connectivity index (χ2n) is 6.06. The van der Waals surface area contributed by atoms with Gasteiger partial charge in [0, 0.05) is 5.56 Å². The first-order valence-corrected chi connectivity index (χ1v) is 10.2. The van der Waals surface area contributed by atoms with Gasteiger partial charge < -0.3 is 10.1 Å². The van der Waals surface area contributed by atoms with Gasteiger partial charge in [0.1, 0.15) is 5.75 Å². The second kappa shape index (κ2) is 8.23. The first kappa shape index (κ1) is 19.8. The van der Waals surface area contributed by atoms with Crippen LogP contribution in [0.1, 0.15) is 40.9 Å². The fourth-order valence-corrected chi connectivity index (χ4v) is 3.31. The van der Waals surface area contributed by atoms with Gasteiger partial charge >= 0.3 is 0 Å². The molecule has 0 fully saturated rings. The number of sulfonamides is 1. The molecule has 6 nitrogen and oxygen atoms in total. The number of methoxy groups -OCH3 is 1. The number of benzene rings is 2. The lowest BCUT2D eigenvalue weighted by Gasteiger charge is -2.19. The van der Waals surface area contributed by atoms with Crippen molar-refractivity contribution in [2.75, 3.05) is 18.1 Å². The Morgan fingerprint density at radius 1 is 1.15 bits per heavy atom. The first-order valence-electron chi connectivity index (χ1n) is 8.27. The van der Waals surface area contributed by atoms with E-state index >= 15 is 0 Å². The molecule has 7 heteroatoms. The predicted octanol–water partition coefficient (Wildman–Crippen LogP) is 3.26. The maximum atomic E-state index is 12.7. The maximum absolute atomic E-state index is 12.7. The molecular formula is C19H24N2O4S. The highest BCUT2D eigenvalue weighted by Crippen LogP contribution is 2.23. The summed E-state index contributed by atoms with van der Waals surface area (Å²) in [5.74, 6) is 0.507. The van der Waals surface area contributed by atoms with E-state index in [4.69, 9.17) is 4.74 Å². The summed E-state index contributed by atoms with van der Waals surface area (Å²) < 4.78 is 30.5. The normalized spacial score (nSPS) is 12.3. The Hall–Kier alpha value is -2.54. The number of carbonyl (C=O) groups is 1. The molecule has 0 aliphatic carbocycles. The number of amides is 1. The third-order valence-electron chi connectivity index (χ3n) is 4.11. The summed E-state index contributed by atoms with van der Waals surface area (Å²) >= 11 is 0. The van der Waals surface area contributed by atoms with Gasteiger partial charge in [0.25, 0.3) is 5.91 Å². The third-order valence-corrected chi connectivity index (χ3v) is 4.70. The van der Waals surface area contributed by atoms with Gasteiger partial charge in [-0.3, -0.25) is 9.52 Å². The van der Waals surface area contributed by atoms with Gasteiger partial charge in [-0.2, -0.15) is 0 Å². The van der Waals surface area contributed by atoms with Crippen LogP contribution in [0.2, 0.25) is 0 Å². The van der Waals surface area contributed by atoms with Gasteiger partial charge in [-0.25, -0.2) is 8.42 Å². The summed E-state index contributed by atoms with van der Waals surface area (Å²) in [4.78, 5) is 12.7. The molecule has 140 valence electrons. The van der Waals surface area contributed by atoms with E-state index in [1.54, 1.807) is 32.2 Å².